The number of halogens is 1. The first-order valence-corrected chi connectivity index (χ1v) is 9.27. The normalized spacial score (nSPS) is 11.0. The van der Waals surface area contributed by atoms with Crippen molar-refractivity contribution in [3.63, 3.8) is 0 Å². The molecule has 7 heteroatoms. The first kappa shape index (κ1) is 20.8. The summed E-state index contributed by atoms with van der Waals surface area (Å²) in [6.45, 7) is 5.09. The lowest BCUT2D eigenvalue weighted by molar-refractivity contribution is -0.116. The van der Waals surface area contributed by atoms with Gasteiger partial charge in [-0.1, -0.05) is 24.9 Å². The second-order valence-electron chi connectivity index (χ2n) is 6.10. The Morgan fingerprint density at radius 2 is 2.11 bits per heavy atom. The van der Waals surface area contributed by atoms with Gasteiger partial charge in [-0.05, 0) is 37.6 Å². The zero-order chi connectivity index (χ0) is 19.8. The van der Waals surface area contributed by atoms with E-state index >= 15 is 0 Å². The molecule has 1 aromatic carbocycles. The van der Waals surface area contributed by atoms with Gasteiger partial charge < -0.3 is 14.8 Å². The number of nitrogens with zero attached hydrogens (tertiary/aromatic N) is 2. The molecule has 6 nitrogen and oxygen atoms in total. The lowest BCUT2D eigenvalue weighted by Crippen LogP contribution is -2.20. The Hall–Kier alpha value is -2.47. The van der Waals surface area contributed by atoms with Gasteiger partial charge in [-0.3, -0.25) is 9.48 Å². The van der Waals surface area contributed by atoms with Crippen LogP contribution >= 0.6 is 11.6 Å². The maximum Gasteiger partial charge on any atom is 0.244 e. The van der Waals surface area contributed by atoms with Crippen LogP contribution in [0.25, 0.3) is 6.08 Å². The molecule has 2 rings (SSSR count). The zero-order valence-electron chi connectivity index (χ0n) is 16.2. The van der Waals surface area contributed by atoms with E-state index in [0.717, 1.165) is 36.2 Å². The number of aryl methyl sites for hydroxylation is 2. The number of amides is 1. The van der Waals surface area contributed by atoms with Crippen molar-refractivity contribution in [3.8, 4) is 11.5 Å². The molecule has 1 heterocycles. The van der Waals surface area contributed by atoms with E-state index in [1.807, 2.05) is 25.1 Å². The molecule has 0 saturated heterocycles. The summed E-state index contributed by atoms with van der Waals surface area (Å²) in [7, 11) is 3.19. The summed E-state index contributed by atoms with van der Waals surface area (Å²) in [5, 5.41) is 7.83. The zero-order valence-corrected chi connectivity index (χ0v) is 17.0. The van der Waals surface area contributed by atoms with Gasteiger partial charge in [-0.25, -0.2) is 0 Å². The van der Waals surface area contributed by atoms with Crippen molar-refractivity contribution in [1.29, 1.82) is 0 Å². The number of unbranched alkanes of at least 4 members (excludes halogenated alkanes) is 1. The molecule has 0 bridgehead atoms. The van der Waals surface area contributed by atoms with Crippen LogP contribution in [0, 0.1) is 6.92 Å². The molecule has 0 atom stereocenters. The molecule has 0 spiro atoms. The smallest absolute Gasteiger partial charge is 0.244 e. The van der Waals surface area contributed by atoms with Crippen molar-refractivity contribution in [2.45, 2.75) is 39.8 Å². The first-order chi connectivity index (χ1) is 13.0. The van der Waals surface area contributed by atoms with Crippen LogP contribution in [0.3, 0.4) is 0 Å². The maximum absolute atomic E-state index is 12.2. The van der Waals surface area contributed by atoms with Crippen molar-refractivity contribution in [3.05, 3.63) is 46.2 Å². The highest BCUT2D eigenvalue weighted by molar-refractivity contribution is 6.31. The number of nitrogens with one attached hydrogen (secondary N) is 1. The predicted molar refractivity (Wildman–Crippen MR) is 107 cm³/mol. The monoisotopic (exact) mass is 391 g/mol. The molecule has 1 N–H and O–H groups in total. The molecule has 1 amide bonds. The van der Waals surface area contributed by atoms with E-state index in [0.29, 0.717) is 23.2 Å². The summed E-state index contributed by atoms with van der Waals surface area (Å²) in [5.41, 5.74) is 2.40. The van der Waals surface area contributed by atoms with E-state index in [1.165, 1.54) is 6.08 Å². The third-order valence-corrected chi connectivity index (χ3v) is 4.57. The average molecular weight is 392 g/mol. The van der Waals surface area contributed by atoms with Crippen molar-refractivity contribution in [1.82, 2.24) is 15.1 Å². The van der Waals surface area contributed by atoms with Gasteiger partial charge in [0.1, 0.15) is 16.7 Å². The van der Waals surface area contributed by atoms with Crippen molar-refractivity contribution >= 4 is 23.6 Å². The number of hydrogen-bond acceptors (Lipinski definition) is 4. The number of carbonyl (C=O) groups excluding carboxylic acids is 1. The average Bonchev–Trinajstić information content (AvgIpc) is 2.95. The van der Waals surface area contributed by atoms with Gasteiger partial charge in [-0.2, -0.15) is 5.10 Å². The molecule has 27 heavy (non-hydrogen) atoms. The molecular weight excluding hydrogens is 366 g/mol. The quantitative estimate of drug-likeness (QED) is 0.656. The number of benzene rings is 1. The summed E-state index contributed by atoms with van der Waals surface area (Å²) in [5.74, 6) is 1.17. The fourth-order valence-corrected chi connectivity index (χ4v) is 2.95. The molecule has 0 saturated carbocycles. The molecule has 0 aliphatic heterocycles. The molecular formula is C20H26ClN3O3. The van der Waals surface area contributed by atoms with E-state index < -0.39 is 0 Å². The SMILES string of the molecule is CCCCn1nc(C)c(/C=C/C(=O)NCc2cc(OC)ccc2OC)c1Cl. The third-order valence-electron chi connectivity index (χ3n) is 4.17. The molecule has 0 radical (unpaired) electrons. The lowest BCUT2D eigenvalue weighted by Gasteiger charge is -2.10. The molecule has 2 aromatic rings. The standard InChI is InChI=1S/C20H26ClN3O3/c1-5-6-11-24-20(21)17(14(2)23-24)8-10-19(25)22-13-15-12-16(26-3)7-9-18(15)27-4/h7-10,12H,5-6,11,13H2,1-4H3,(H,22,25)/b10-8+. The van der Waals surface area contributed by atoms with Crippen LogP contribution in [-0.2, 0) is 17.9 Å². The predicted octanol–water partition coefficient (Wildman–Crippen LogP) is 3.99. The van der Waals surface area contributed by atoms with Crippen molar-refractivity contribution in [2.24, 2.45) is 0 Å². The van der Waals surface area contributed by atoms with Gasteiger partial charge in [0.05, 0.1) is 19.9 Å². The third kappa shape index (κ3) is 5.50. The Balaban J connectivity index is 2.03. The van der Waals surface area contributed by atoms with E-state index in [-0.39, 0.29) is 5.91 Å². The minimum Gasteiger partial charge on any atom is -0.497 e. The van der Waals surface area contributed by atoms with Gasteiger partial charge in [-0.15, -0.1) is 0 Å². The number of ether oxygens (including phenoxy) is 2. The second kappa shape index (κ2) is 10.0. The summed E-state index contributed by atoms with van der Waals surface area (Å²) in [6, 6.07) is 5.45. The summed E-state index contributed by atoms with van der Waals surface area (Å²) < 4.78 is 12.3. The molecule has 1 aromatic heterocycles. The number of rotatable bonds is 9. The van der Waals surface area contributed by atoms with Crippen LogP contribution in [0.1, 0.15) is 36.6 Å². The van der Waals surface area contributed by atoms with Crippen LogP contribution in [0.5, 0.6) is 11.5 Å². The van der Waals surface area contributed by atoms with Crippen LogP contribution < -0.4 is 14.8 Å². The number of aromatic nitrogens is 2. The first-order valence-electron chi connectivity index (χ1n) is 8.89. The molecule has 0 fully saturated rings. The van der Waals surface area contributed by atoms with E-state index in [1.54, 1.807) is 25.0 Å². The highest BCUT2D eigenvalue weighted by atomic mass is 35.5. The Kier molecular flexibility index (Phi) is 7.73. The molecule has 146 valence electrons. The number of hydrogen-bond donors (Lipinski definition) is 1. The maximum atomic E-state index is 12.2. The van der Waals surface area contributed by atoms with E-state index in [4.69, 9.17) is 21.1 Å². The fourth-order valence-electron chi connectivity index (χ4n) is 2.63. The minimum absolute atomic E-state index is 0.225. The summed E-state index contributed by atoms with van der Waals surface area (Å²) in [4.78, 5) is 12.2. The highest BCUT2D eigenvalue weighted by Gasteiger charge is 2.11. The Morgan fingerprint density at radius 1 is 1.33 bits per heavy atom. The summed E-state index contributed by atoms with van der Waals surface area (Å²) >= 11 is 6.38. The van der Waals surface area contributed by atoms with Crippen LogP contribution in [-0.4, -0.2) is 29.9 Å². The fraction of sp³-hybridized carbons (Fsp3) is 0.400. The minimum atomic E-state index is -0.225. The van der Waals surface area contributed by atoms with Gasteiger partial charge in [0, 0.05) is 30.3 Å². The second-order valence-corrected chi connectivity index (χ2v) is 6.45. The van der Waals surface area contributed by atoms with Crippen LogP contribution in [0.15, 0.2) is 24.3 Å². The Labute approximate surface area is 165 Å². The largest absolute Gasteiger partial charge is 0.497 e. The Morgan fingerprint density at radius 3 is 2.78 bits per heavy atom. The number of methoxy groups -OCH3 is 2. The Bertz CT molecular complexity index is 815. The summed E-state index contributed by atoms with van der Waals surface area (Å²) in [6.07, 6.45) is 5.24. The van der Waals surface area contributed by atoms with Crippen LogP contribution in [0.2, 0.25) is 5.15 Å². The topological polar surface area (TPSA) is 65.4 Å². The van der Waals surface area contributed by atoms with Gasteiger partial charge in [0.2, 0.25) is 5.91 Å². The van der Waals surface area contributed by atoms with Crippen molar-refractivity contribution in [2.75, 3.05) is 14.2 Å². The van der Waals surface area contributed by atoms with Crippen LogP contribution in [0.4, 0.5) is 0 Å². The molecule has 0 aliphatic carbocycles. The molecule has 0 unspecified atom stereocenters. The lowest BCUT2D eigenvalue weighted by atomic mass is 10.2. The van der Waals surface area contributed by atoms with Gasteiger partial charge in [0.25, 0.3) is 0 Å². The van der Waals surface area contributed by atoms with E-state index in [2.05, 4.69) is 17.3 Å². The number of carbonyl (C=O) groups is 1. The van der Waals surface area contributed by atoms with Gasteiger partial charge >= 0.3 is 0 Å². The van der Waals surface area contributed by atoms with Crippen molar-refractivity contribution < 1.29 is 14.3 Å². The molecule has 0 aliphatic rings. The van der Waals surface area contributed by atoms with E-state index in [9.17, 15) is 4.79 Å². The van der Waals surface area contributed by atoms with Gasteiger partial charge in [0.15, 0.2) is 0 Å². The highest BCUT2D eigenvalue weighted by Crippen LogP contribution is 2.24.